The largest absolute Gasteiger partial charge is 0.455 e. The van der Waals surface area contributed by atoms with Crippen molar-refractivity contribution in [1.82, 2.24) is 19.5 Å². The number of rotatable bonds is 7. The first-order chi connectivity index (χ1) is 30.7. The summed E-state index contributed by atoms with van der Waals surface area (Å²) >= 11 is 0. The van der Waals surface area contributed by atoms with Gasteiger partial charge in [-0.15, -0.1) is 0 Å². The van der Waals surface area contributed by atoms with Crippen LogP contribution < -0.4 is 0 Å². The molecule has 0 unspecified atom stereocenters. The predicted octanol–water partition coefficient (Wildman–Crippen LogP) is 14.9. The van der Waals surface area contributed by atoms with Crippen LogP contribution in [0.5, 0.6) is 0 Å². The third-order valence-electron chi connectivity index (χ3n) is 11.8. The summed E-state index contributed by atoms with van der Waals surface area (Å²) in [5.74, 6) is 1.78. The molecule has 0 aliphatic rings. The SMILES string of the molecule is c1ccc(-c2cc(-c3ccccc3)c3c(c2)oc2c(-c4ccccc4)cc(-c4nc(-c5ccccc5)nc(-c5ccc6c(c5)c5ccccc5n6-c5ccccc5)n4)cc23)cc1. The van der Waals surface area contributed by atoms with E-state index in [0.717, 1.165) is 94.1 Å². The smallest absolute Gasteiger partial charge is 0.164 e. The summed E-state index contributed by atoms with van der Waals surface area (Å²) in [5, 5.41) is 4.34. The summed E-state index contributed by atoms with van der Waals surface area (Å²) in [4.78, 5) is 15.7. The van der Waals surface area contributed by atoms with Crippen molar-refractivity contribution in [3.05, 3.63) is 218 Å². The number of fused-ring (bicyclic) bond motifs is 6. The first-order valence-electron chi connectivity index (χ1n) is 20.8. The van der Waals surface area contributed by atoms with E-state index in [-0.39, 0.29) is 0 Å². The average molecular weight is 793 g/mol. The maximum Gasteiger partial charge on any atom is 0.164 e. The van der Waals surface area contributed by atoms with E-state index in [0.29, 0.717) is 17.5 Å². The minimum atomic E-state index is 0.580. The lowest BCUT2D eigenvalue weighted by molar-refractivity contribution is 0.670. The Morgan fingerprint density at radius 1 is 0.323 bits per heavy atom. The van der Waals surface area contributed by atoms with Gasteiger partial charge in [-0.25, -0.2) is 15.0 Å². The van der Waals surface area contributed by atoms with Crippen LogP contribution in [0.15, 0.2) is 223 Å². The molecular weight excluding hydrogens is 757 g/mol. The molecule has 5 heteroatoms. The maximum atomic E-state index is 6.99. The highest BCUT2D eigenvalue weighted by molar-refractivity contribution is 6.17. The molecule has 0 saturated carbocycles. The van der Waals surface area contributed by atoms with Gasteiger partial charge in [0.15, 0.2) is 17.5 Å². The Kier molecular flexibility index (Phi) is 8.42. The number of furan rings is 1. The second kappa shape index (κ2) is 14.7. The monoisotopic (exact) mass is 792 g/mol. The van der Waals surface area contributed by atoms with Crippen molar-refractivity contribution in [3.8, 4) is 73.2 Å². The van der Waals surface area contributed by atoms with Gasteiger partial charge in [0.1, 0.15) is 11.2 Å². The van der Waals surface area contributed by atoms with Crippen LogP contribution in [0.4, 0.5) is 0 Å². The Morgan fingerprint density at radius 3 is 1.50 bits per heavy atom. The molecule has 5 nitrogen and oxygen atoms in total. The summed E-state index contributed by atoms with van der Waals surface area (Å²) in [5.41, 5.74) is 14.1. The number of aromatic nitrogens is 4. The number of hydrogen-bond acceptors (Lipinski definition) is 4. The molecule has 9 aromatic carbocycles. The minimum Gasteiger partial charge on any atom is -0.455 e. The first kappa shape index (κ1) is 35.5. The molecule has 12 aromatic rings. The van der Waals surface area contributed by atoms with Gasteiger partial charge in [-0.2, -0.15) is 0 Å². The summed E-state index contributed by atoms with van der Waals surface area (Å²) < 4.78 is 9.32. The molecule has 3 heterocycles. The topological polar surface area (TPSA) is 56.7 Å². The van der Waals surface area contributed by atoms with E-state index in [1.54, 1.807) is 0 Å². The van der Waals surface area contributed by atoms with E-state index >= 15 is 0 Å². The Bertz CT molecular complexity index is 3600. The van der Waals surface area contributed by atoms with Gasteiger partial charge in [-0.05, 0) is 88.5 Å². The van der Waals surface area contributed by atoms with Crippen molar-refractivity contribution in [1.29, 1.82) is 0 Å². The molecule has 0 saturated heterocycles. The van der Waals surface area contributed by atoms with Gasteiger partial charge in [0.25, 0.3) is 0 Å². The van der Waals surface area contributed by atoms with Gasteiger partial charge in [0, 0.05) is 49.5 Å². The van der Waals surface area contributed by atoms with Gasteiger partial charge >= 0.3 is 0 Å². The summed E-state index contributed by atoms with van der Waals surface area (Å²) in [6, 6.07) is 76.2. The predicted molar refractivity (Wildman–Crippen MR) is 254 cm³/mol. The lowest BCUT2D eigenvalue weighted by atomic mass is 9.93. The van der Waals surface area contributed by atoms with Crippen molar-refractivity contribution >= 4 is 43.7 Å². The Hall–Kier alpha value is -8.41. The van der Waals surface area contributed by atoms with Crippen molar-refractivity contribution in [2.24, 2.45) is 0 Å². The lowest BCUT2D eigenvalue weighted by Gasteiger charge is -2.11. The van der Waals surface area contributed by atoms with Crippen LogP contribution >= 0.6 is 0 Å². The van der Waals surface area contributed by atoms with E-state index in [1.807, 2.05) is 30.3 Å². The standard InChI is InChI=1S/C57H36N4O/c1-6-18-37(19-7-1)42-33-46(38-20-8-2-9-21-38)53-49-35-43(34-47(39-22-10-3-11-23-39)54(49)62-52(53)36-42)57-59-55(40-24-12-4-13-25-40)58-56(60-57)41-30-31-51-48(32-41)45-28-16-17-29-50(45)61(51)44-26-14-5-15-27-44/h1-36H. The molecule has 0 bridgehead atoms. The van der Waals surface area contributed by atoms with E-state index in [1.165, 1.54) is 5.39 Å². The van der Waals surface area contributed by atoms with E-state index < -0.39 is 0 Å². The third kappa shape index (κ3) is 6.06. The van der Waals surface area contributed by atoms with Crippen LogP contribution in [0.25, 0.3) is 117 Å². The molecular formula is C57H36N4O. The van der Waals surface area contributed by atoms with Crippen LogP contribution in [0, 0.1) is 0 Å². The van der Waals surface area contributed by atoms with Gasteiger partial charge in [-0.3, -0.25) is 0 Å². The summed E-state index contributed by atoms with van der Waals surface area (Å²) in [7, 11) is 0. The lowest BCUT2D eigenvalue weighted by Crippen LogP contribution is -2.00. The molecule has 0 atom stereocenters. The van der Waals surface area contributed by atoms with E-state index in [9.17, 15) is 0 Å². The fourth-order valence-corrected chi connectivity index (χ4v) is 8.93. The van der Waals surface area contributed by atoms with Crippen molar-refractivity contribution in [3.63, 3.8) is 0 Å². The summed E-state index contributed by atoms with van der Waals surface area (Å²) in [6.07, 6.45) is 0. The average Bonchev–Trinajstić information content (AvgIpc) is 3.90. The highest BCUT2D eigenvalue weighted by Gasteiger charge is 2.22. The molecule has 290 valence electrons. The highest BCUT2D eigenvalue weighted by Crippen LogP contribution is 2.45. The zero-order valence-electron chi connectivity index (χ0n) is 33.5. The zero-order valence-corrected chi connectivity index (χ0v) is 33.5. The minimum absolute atomic E-state index is 0.580. The quantitative estimate of drug-likeness (QED) is 0.161. The molecule has 0 amide bonds. The Labute approximate surface area is 357 Å². The third-order valence-corrected chi connectivity index (χ3v) is 11.8. The fourth-order valence-electron chi connectivity index (χ4n) is 8.93. The van der Waals surface area contributed by atoms with Crippen LogP contribution in [0.2, 0.25) is 0 Å². The van der Waals surface area contributed by atoms with Crippen LogP contribution in [-0.2, 0) is 0 Å². The van der Waals surface area contributed by atoms with E-state index in [2.05, 4.69) is 193 Å². The van der Waals surface area contributed by atoms with Crippen LogP contribution in [-0.4, -0.2) is 19.5 Å². The molecule has 3 aromatic heterocycles. The molecule has 0 fully saturated rings. The first-order valence-corrected chi connectivity index (χ1v) is 20.8. The van der Waals surface area contributed by atoms with Crippen LogP contribution in [0.3, 0.4) is 0 Å². The maximum absolute atomic E-state index is 6.99. The van der Waals surface area contributed by atoms with Gasteiger partial charge in [0.05, 0.1) is 11.0 Å². The number of benzene rings is 9. The van der Waals surface area contributed by atoms with E-state index in [4.69, 9.17) is 19.4 Å². The molecule has 0 N–H and O–H groups in total. The Balaban J connectivity index is 1.12. The molecule has 0 spiro atoms. The molecule has 12 rings (SSSR count). The number of hydrogen-bond donors (Lipinski definition) is 0. The normalized spacial score (nSPS) is 11.5. The fraction of sp³-hybridized carbons (Fsp3) is 0. The second-order valence-corrected chi connectivity index (χ2v) is 15.6. The Morgan fingerprint density at radius 2 is 0.823 bits per heavy atom. The molecule has 0 aliphatic carbocycles. The van der Waals surface area contributed by atoms with Crippen molar-refractivity contribution in [2.75, 3.05) is 0 Å². The second-order valence-electron chi connectivity index (χ2n) is 15.6. The van der Waals surface area contributed by atoms with Gasteiger partial charge in [-0.1, -0.05) is 158 Å². The van der Waals surface area contributed by atoms with Gasteiger partial charge in [0.2, 0.25) is 0 Å². The van der Waals surface area contributed by atoms with Crippen molar-refractivity contribution in [2.45, 2.75) is 0 Å². The highest BCUT2D eigenvalue weighted by atomic mass is 16.3. The molecule has 62 heavy (non-hydrogen) atoms. The molecule has 0 radical (unpaired) electrons. The van der Waals surface area contributed by atoms with Crippen LogP contribution in [0.1, 0.15) is 0 Å². The van der Waals surface area contributed by atoms with Crippen molar-refractivity contribution < 1.29 is 4.42 Å². The number of para-hydroxylation sites is 2. The summed E-state index contributed by atoms with van der Waals surface area (Å²) in [6.45, 7) is 0. The van der Waals surface area contributed by atoms with Gasteiger partial charge < -0.3 is 8.98 Å². The number of nitrogens with zero attached hydrogens (tertiary/aromatic N) is 4. The zero-order chi connectivity index (χ0) is 41.0. The molecule has 0 aliphatic heterocycles.